The van der Waals surface area contributed by atoms with Crippen LogP contribution in [0.1, 0.15) is 23.7 Å². The third kappa shape index (κ3) is 2.95. The highest BCUT2D eigenvalue weighted by atomic mass is 15.3. The van der Waals surface area contributed by atoms with Crippen molar-refractivity contribution in [1.82, 2.24) is 15.0 Å². The van der Waals surface area contributed by atoms with Crippen LogP contribution in [0.5, 0.6) is 0 Å². The Hall–Kier alpha value is -2.68. The topological polar surface area (TPSA) is 68.9 Å². The van der Waals surface area contributed by atoms with Crippen molar-refractivity contribution in [2.75, 3.05) is 36.0 Å². The average Bonchev–Trinajstić information content (AvgIpc) is 2.61. The minimum Gasteiger partial charge on any atom is -0.366 e. The molecule has 0 unspecified atom stereocenters. The third-order valence-electron chi connectivity index (χ3n) is 4.33. The molecular formula is C17H20N6. The summed E-state index contributed by atoms with van der Waals surface area (Å²) in [4.78, 5) is 17.5. The van der Waals surface area contributed by atoms with Crippen LogP contribution in [-0.2, 0) is 6.42 Å². The summed E-state index contributed by atoms with van der Waals surface area (Å²) in [6, 6.07) is 4.01. The fourth-order valence-electron chi connectivity index (χ4n) is 3.07. The fourth-order valence-corrected chi connectivity index (χ4v) is 3.07. The van der Waals surface area contributed by atoms with Gasteiger partial charge >= 0.3 is 0 Å². The SMILES string of the molecule is CCc1c(C)ncnc1N1CCN(c2cnccc2C#N)CC1. The van der Waals surface area contributed by atoms with Crippen molar-refractivity contribution in [2.45, 2.75) is 20.3 Å². The van der Waals surface area contributed by atoms with Gasteiger partial charge in [-0.05, 0) is 19.4 Å². The van der Waals surface area contributed by atoms with Gasteiger partial charge in [0.2, 0.25) is 0 Å². The summed E-state index contributed by atoms with van der Waals surface area (Å²) in [5.74, 6) is 1.05. The molecule has 6 nitrogen and oxygen atoms in total. The van der Waals surface area contributed by atoms with E-state index in [2.05, 4.69) is 37.7 Å². The van der Waals surface area contributed by atoms with E-state index in [4.69, 9.17) is 0 Å². The molecule has 23 heavy (non-hydrogen) atoms. The number of aromatic nitrogens is 3. The molecular weight excluding hydrogens is 288 g/mol. The Bertz CT molecular complexity index is 728. The first-order chi connectivity index (χ1) is 11.2. The summed E-state index contributed by atoms with van der Waals surface area (Å²) in [6.07, 6.45) is 6.02. The minimum absolute atomic E-state index is 0.681. The number of nitrogens with zero attached hydrogens (tertiary/aromatic N) is 6. The van der Waals surface area contributed by atoms with E-state index in [1.807, 2.05) is 6.92 Å². The monoisotopic (exact) mass is 308 g/mol. The Morgan fingerprint density at radius 3 is 2.61 bits per heavy atom. The van der Waals surface area contributed by atoms with Gasteiger partial charge in [0, 0.05) is 43.6 Å². The lowest BCUT2D eigenvalue weighted by Gasteiger charge is -2.37. The lowest BCUT2D eigenvalue weighted by atomic mass is 10.1. The molecule has 0 N–H and O–H groups in total. The van der Waals surface area contributed by atoms with Gasteiger partial charge in [-0.25, -0.2) is 9.97 Å². The first-order valence-electron chi connectivity index (χ1n) is 7.89. The Morgan fingerprint density at radius 1 is 1.17 bits per heavy atom. The number of piperazine rings is 1. The van der Waals surface area contributed by atoms with Crippen LogP contribution in [0.3, 0.4) is 0 Å². The smallest absolute Gasteiger partial charge is 0.135 e. The third-order valence-corrected chi connectivity index (χ3v) is 4.33. The summed E-state index contributed by atoms with van der Waals surface area (Å²) in [7, 11) is 0. The number of hydrogen-bond donors (Lipinski definition) is 0. The van der Waals surface area contributed by atoms with Crippen molar-refractivity contribution < 1.29 is 0 Å². The zero-order valence-electron chi connectivity index (χ0n) is 13.5. The Labute approximate surface area is 136 Å². The fraction of sp³-hybridized carbons (Fsp3) is 0.412. The number of anilines is 2. The van der Waals surface area contributed by atoms with Crippen molar-refractivity contribution in [3.63, 3.8) is 0 Å². The maximum atomic E-state index is 9.25. The molecule has 0 aliphatic carbocycles. The van der Waals surface area contributed by atoms with E-state index in [-0.39, 0.29) is 0 Å². The highest BCUT2D eigenvalue weighted by molar-refractivity contribution is 5.59. The Kier molecular flexibility index (Phi) is 4.38. The van der Waals surface area contributed by atoms with Crippen molar-refractivity contribution in [3.05, 3.63) is 41.6 Å². The van der Waals surface area contributed by atoms with Crippen molar-refractivity contribution >= 4 is 11.5 Å². The summed E-state index contributed by atoms with van der Waals surface area (Å²) < 4.78 is 0. The maximum absolute atomic E-state index is 9.25. The Morgan fingerprint density at radius 2 is 1.91 bits per heavy atom. The van der Waals surface area contributed by atoms with Gasteiger partial charge in [0.1, 0.15) is 18.2 Å². The molecule has 2 aromatic heterocycles. The van der Waals surface area contributed by atoms with Gasteiger partial charge in [-0.2, -0.15) is 5.26 Å². The van der Waals surface area contributed by atoms with Gasteiger partial charge in [-0.1, -0.05) is 6.92 Å². The summed E-state index contributed by atoms with van der Waals surface area (Å²) in [6.45, 7) is 7.64. The van der Waals surface area contributed by atoms with Crippen LogP contribution in [-0.4, -0.2) is 41.1 Å². The number of hydrogen-bond acceptors (Lipinski definition) is 6. The van der Waals surface area contributed by atoms with Crippen molar-refractivity contribution in [2.24, 2.45) is 0 Å². The highest BCUT2D eigenvalue weighted by Gasteiger charge is 2.22. The van der Waals surface area contributed by atoms with Gasteiger partial charge in [-0.3, -0.25) is 4.98 Å². The Balaban J connectivity index is 1.77. The second-order valence-electron chi connectivity index (χ2n) is 5.59. The molecule has 0 radical (unpaired) electrons. The number of aryl methyl sites for hydroxylation is 1. The van der Waals surface area contributed by atoms with Crippen LogP contribution < -0.4 is 9.80 Å². The maximum Gasteiger partial charge on any atom is 0.135 e. The highest BCUT2D eigenvalue weighted by Crippen LogP contribution is 2.24. The van der Waals surface area contributed by atoms with Crippen LogP contribution in [0.25, 0.3) is 0 Å². The normalized spacial score (nSPS) is 14.7. The molecule has 2 aromatic rings. The average molecular weight is 308 g/mol. The van der Waals surface area contributed by atoms with Gasteiger partial charge in [0.05, 0.1) is 17.4 Å². The van der Waals surface area contributed by atoms with E-state index in [0.29, 0.717) is 5.56 Å². The largest absolute Gasteiger partial charge is 0.366 e. The van der Waals surface area contributed by atoms with Crippen LogP contribution >= 0.6 is 0 Å². The predicted octanol–water partition coefficient (Wildman–Crippen LogP) is 1.94. The first-order valence-corrected chi connectivity index (χ1v) is 7.89. The molecule has 0 bridgehead atoms. The molecule has 0 aromatic carbocycles. The molecule has 0 saturated carbocycles. The molecule has 3 rings (SSSR count). The van der Waals surface area contributed by atoms with Crippen LogP contribution in [0, 0.1) is 18.3 Å². The summed E-state index contributed by atoms with van der Waals surface area (Å²) in [5, 5.41) is 9.25. The first kappa shape index (κ1) is 15.2. The molecule has 1 fully saturated rings. The molecule has 0 amide bonds. The minimum atomic E-state index is 0.681. The number of pyridine rings is 1. The molecule has 0 atom stereocenters. The molecule has 6 heteroatoms. The second kappa shape index (κ2) is 6.61. The number of rotatable bonds is 3. The zero-order chi connectivity index (χ0) is 16.2. The predicted molar refractivity (Wildman–Crippen MR) is 89.5 cm³/mol. The molecule has 118 valence electrons. The number of nitriles is 1. The van der Waals surface area contributed by atoms with E-state index < -0.39 is 0 Å². The van der Waals surface area contributed by atoms with E-state index in [1.54, 1.807) is 24.8 Å². The van der Waals surface area contributed by atoms with Gasteiger partial charge in [-0.15, -0.1) is 0 Å². The molecule has 1 aliphatic rings. The molecule has 1 saturated heterocycles. The van der Waals surface area contributed by atoms with Crippen LogP contribution in [0.4, 0.5) is 11.5 Å². The van der Waals surface area contributed by atoms with Crippen LogP contribution in [0.15, 0.2) is 24.8 Å². The van der Waals surface area contributed by atoms with Gasteiger partial charge in [0.25, 0.3) is 0 Å². The van der Waals surface area contributed by atoms with Crippen molar-refractivity contribution in [3.8, 4) is 6.07 Å². The van der Waals surface area contributed by atoms with Gasteiger partial charge in [0.15, 0.2) is 0 Å². The summed E-state index contributed by atoms with van der Waals surface area (Å²) in [5.41, 5.74) is 3.88. The summed E-state index contributed by atoms with van der Waals surface area (Å²) >= 11 is 0. The van der Waals surface area contributed by atoms with Crippen molar-refractivity contribution in [1.29, 1.82) is 5.26 Å². The van der Waals surface area contributed by atoms with E-state index in [1.165, 1.54) is 5.56 Å². The zero-order valence-corrected chi connectivity index (χ0v) is 13.5. The quantitative estimate of drug-likeness (QED) is 0.863. The molecule has 3 heterocycles. The molecule has 0 spiro atoms. The van der Waals surface area contributed by atoms with E-state index >= 15 is 0 Å². The van der Waals surface area contributed by atoms with Crippen LogP contribution in [0.2, 0.25) is 0 Å². The van der Waals surface area contributed by atoms with E-state index in [0.717, 1.165) is 49.8 Å². The standard InChI is InChI=1S/C17H20N6/c1-3-15-13(2)20-12-21-17(15)23-8-6-22(7-9-23)16-11-19-5-4-14(16)10-18/h4-5,11-12H,3,6-9H2,1-2H3. The lowest BCUT2D eigenvalue weighted by Crippen LogP contribution is -2.47. The van der Waals surface area contributed by atoms with E-state index in [9.17, 15) is 5.26 Å². The lowest BCUT2D eigenvalue weighted by molar-refractivity contribution is 0.642. The molecule has 1 aliphatic heterocycles. The second-order valence-corrected chi connectivity index (χ2v) is 5.59. The van der Waals surface area contributed by atoms with Gasteiger partial charge < -0.3 is 9.80 Å².